The van der Waals surface area contributed by atoms with Gasteiger partial charge in [0, 0.05) is 12.1 Å². The zero-order chi connectivity index (χ0) is 31.7. The summed E-state index contributed by atoms with van der Waals surface area (Å²) in [6, 6.07) is 9.90. The second kappa shape index (κ2) is 14.6. The number of carboxylic acid groups (broad SMARTS) is 1. The highest BCUT2D eigenvalue weighted by Gasteiger charge is 2.26. The standard InChI is InChI=1S/C29H37N5O8S/c1-17(2)12-23(27-30-16-20(42-27)15-24(28(36)37)34-43(5,39)40)31-26(35)14-19-10-11-22(25(13-19)41-4)33-29(38)32-21-9-7-6-8-18(21)3/h6-11,13,16-17,23-24,34H,12,14-15H2,1-5H3,(H,31,35)(H,36,37)(H2,32,33,38). The van der Waals surface area contributed by atoms with Crippen LogP contribution in [0.1, 0.15) is 49.1 Å². The summed E-state index contributed by atoms with van der Waals surface area (Å²) < 4.78 is 36.3. The highest BCUT2D eigenvalue weighted by atomic mass is 32.2. The van der Waals surface area contributed by atoms with Gasteiger partial charge >= 0.3 is 12.0 Å². The van der Waals surface area contributed by atoms with E-state index in [2.05, 4.69) is 20.9 Å². The second-order valence-electron chi connectivity index (χ2n) is 10.5. The summed E-state index contributed by atoms with van der Waals surface area (Å²) in [4.78, 5) is 41.3. The quantitative estimate of drug-likeness (QED) is 0.180. The summed E-state index contributed by atoms with van der Waals surface area (Å²) in [5.74, 6) is -0.836. The SMILES string of the molecule is COc1cc(CC(=O)NC(CC(C)C)c2ncc(CC(NS(C)(=O)=O)C(=O)O)o2)ccc1NC(=O)Nc1ccccc1C. The number of amides is 3. The first kappa shape index (κ1) is 33.1. The molecule has 0 fully saturated rings. The molecule has 13 nitrogen and oxygen atoms in total. The monoisotopic (exact) mass is 615 g/mol. The number of oxazole rings is 1. The van der Waals surface area contributed by atoms with Gasteiger partial charge in [-0.25, -0.2) is 22.9 Å². The van der Waals surface area contributed by atoms with E-state index in [0.717, 1.165) is 11.8 Å². The van der Waals surface area contributed by atoms with Gasteiger partial charge in [0.05, 0.1) is 31.7 Å². The lowest BCUT2D eigenvalue weighted by Gasteiger charge is -2.18. The zero-order valence-corrected chi connectivity index (χ0v) is 25.4. The van der Waals surface area contributed by atoms with E-state index < -0.39 is 34.1 Å². The van der Waals surface area contributed by atoms with Crippen molar-refractivity contribution in [1.29, 1.82) is 0 Å². The van der Waals surface area contributed by atoms with Crippen molar-refractivity contribution in [2.75, 3.05) is 24.0 Å². The minimum absolute atomic E-state index is 0.00637. The van der Waals surface area contributed by atoms with Gasteiger partial charge in [-0.05, 0) is 48.6 Å². The van der Waals surface area contributed by atoms with E-state index in [9.17, 15) is 27.9 Å². The number of nitrogens with one attached hydrogen (secondary N) is 4. The number of nitrogens with zero attached hydrogens (tertiary/aromatic N) is 1. The topological polar surface area (TPSA) is 189 Å². The van der Waals surface area contributed by atoms with E-state index in [4.69, 9.17) is 9.15 Å². The Bertz CT molecular complexity index is 1550. The predicted molar refractivity (Wildman–Crippen MR) is 160 cm³/mol. The number of carbonyl (C=O) groups excluding carboxylic acids is 2. The fourth-order valence-corrected chi connectivity index (χ4v) is 4.98. The summed E-state index contributed by atoms with van der Waals surface area (Å²) in [6.45, 7) is 5.81. The third-order valence-electron chi connectivity index (χ3n) is 6.24. The van der Waals surface area contributed by atoms with Gasteiger partial charge in [-0.15, -0.1) is 0 Å². The van der Waals surface area contributed by atoms with Crippen molar-refractivity contribution < 1.29 is 37.1 Å². The molecule has 0 saturated carbocycles. The van der Waals surface area contributed by atoms with Crippen LogP contribution in [0.4, 0.5) is 16.2 Å². The van der Waals surface area contributed by atoms with Gasteiger partial charge in [-0.3, -0.25) is 9.59 Å². The molecular formula is C29H37N5O8S. The van der Waals surface area contributed by atoms with Crippen LogP contribution in [0.15, 0.2) is 53.1 Å². The molecule has 0 saturated heterocycles. The van der Waals surface area contributed by atoms with Crippen molar-refractivity contribution in [3.05, 3.63) is 71.4 Å². The number of ether oxygens (including phenoxy) is 1. The van der Waals surface area contributed by atoms with E-state index in [-0.39, 0.29) is 36.3 Å². The number of carboxylic acids is 1. The highest BCUT2D eigenvalue weighted by Crippen LogP contribution is 2.27. The number of benzene rings is 2. The van der Waals surface area contributed by atoms with Crippen LogP contribution in [-0.2, 0) is 32.5 Å². The first-order valence-electron chi connectivity index (χ1n) is 13.5. The fraction of sp³-hybridized carbons (Fsp3) is 0.379. The molecule has 1 heterocycles. The number of aliphatic carboxylic acids is 1. The smallest absolute Gasteiger partial charge is 0.323 e. The van der Waals surface area contributed by atoms with Crippen molar-refractivity contribution in [3.8, 4) is 5.75 Å². The molecule has 14 heteroatoms. The number of sulfonamides is 1. The maximum atomic E-state index is 13.1. The summed E-state index contributed by atoms with van der Waals surface area (Å²) in [6.07, 6.45) is 2.40. The molecule has 232 valence electrons. The van der Waals surface area contributed by atoms with E-state index in [0.29, 0.717) is 29.1 Å². The largest absolute Gasteiger partial charge is 0.495 e. The van der Waals surface area contributed by atoms with Crippen LogP contribution < -0.4 is 25.4 Å². The summed E-state index contributed by atoms with van der Waals surface area (Å²) in [7, 11) is -2.31. The molecule has 2 aromatic carbocycles. The molecule has 0 spiro atoms. The normalized spacial score (nSPS) is 12.8. The van der Waals surface area contributed by atoms with Crippen LogP contribution in [0.2, 0.25) is 0 Å². The molecule has 3 aromatic rings. The Labute approximate surface area is 250 Å². The number of methoxy groups -OCH3 is 1. The molecule has 2 unspecified atom stereocenters. The number of aryl methyl sites for hydroxylation is 1. The van der Waals surface area contributed by atoms with Gasteiger partial charge in [0.1, 0.15) is 23.6 Å². The minimum Gasteiger partial charge on any atom is -0.495 e. The Hall–Kier alpha value is -4.43. The van der Waals surface area contributed by atoms with E-state index in [1.807, 2.05) is 43.7 Å². The Balaban J connectivity index is 1.68. The molecule has 0 aliphatic rings. The third kappa shape index (κ3) is 10.4. The Morgan fingerprint density at radius 1 is 1.07 bits per heavy atom. The van der Waals surface area contributed by atoms with Gasteiger partial charge in [0.2, 0.25) is 21.8 Å². The molecule has 0 aliphatic carbocycles. The Morgan fingerprint density at radius 3 is 2.40 bits per heavy atom. The number of para-hydroxylation sites is 1. The molecule has 3 rings (SSSR count). The average molecular weight is 616 g/mol. The number of urea groups is 1. The molecule has 2 atom stereocenters. The fourth-order valence-electron chi connectivity index (χ4n) is 4.28. The van der Waals surface area contributed by atoms with E-state index >= 15 is 0 Å². The molecule has 0 bridgehead atoms. The third-order valence-corrected chi connectivity index (χ3v) is 6.96. The Kier molecular flexibility index (Phi) is 11.3. The second-order valence-corrected chi connectivity index (χ2v) is 12.3. The van der Waals surface area contributed by atoms with Crippen molar-refractivity contribution >= 4 is 39.3 Å². The molecule has 0 radical (unpaired) electrons. The van der Waals surface area contributed by atoms with Gasteiger partial charge in [0.25, 0.3) is 0 Å². The van der Waals surface area contributed by atoms with Crippen molar-refractivity contribution in [3.63, 3.8) is 0 Å². The lowest BCUT2D eigenvalue weighted by Crippen LogP contribution is -2.41. The molecule has 1 aromatic heterocycles. The van der Waals surface area contributed by atoms with Crippen LogP contribution in [0.25, 0.3) is 0 Å². The average Bonchev–Trinajstić information content (AvgIpc) is 3.37. The Morgan fingerprint density at radius 2 is 1.77 bits per heavy atom. The maximum absolute atomic E-state index is 13.1. The lowest BCUT2D eigenvalue weighted by atomic mass is 10.0. The summed E-state index contributed by atoms with van der Waals surface area (Å²) >= 11 is 0. The zero-order valence-electron chi connectivity index (χ0n) is 24.6. The van der Waals surface area contributed by atoms with E-state index in [1.165, 1.54) is 13.3 Å². The number of anilines is 2. The van der Waals surface area contributed by atoms with Crippen LogP contribution in [0.3, 0.4) is 0 Å². The van der Waals surface area contributed by atoms with Crippen LogP contribution in [-0.4, -0.2) is 55.8 Å². The summed E-state index contributed by atoms with van der Waals surface area (Å²) in [5.41, 5.74) is 2.64. The number of rotatable bonds is 14. The first-order valence-corrected chi connectivity index (χ1v) is 15.4. The van der Waals surface area contributed by atoms with Crippen molar-refractivity contribution in [2.24, 2.45) is 5.92 Å². The minimum atomic E-state index is -3.77. The molecule has 43 heavy (non-hydrogen) atoms. The number of carbonyl (C=O) groups is 3. The maximum Gasteiger partial charge on any atom is 0.323 e. The van der Waals surface area contributed by atoms with Crippen LogP contribution in [0.5, 0.6) is 5.75 Å². The number of hydrogen-bond donors (Lipinski definition) is 5. The molecule has 5 N–H and O–H groups in total. The number of aromatic nitrogens is 1. The van der Waals surface area contributed by atoms with Gasteiger partial charge in [0.15, 0.2) is 0 Å². The predicted octanol–water partition coefficient (Wildman–Crippen LogP) is 3.63. The molecule has 0 aliphatic heterocycles. The van der Waals surface area contributed by atoms with Crippen LogP contribution >= 0.6 is 0 Å². The van der Waals surface area contributed by atoms with Gasteiger partial charge < -0.3 is 30.2 Å². The van der Waals surface area contributed by atoms with Crippen molar-refractivity contribution in [1.82, 2.24) is 15.0 Å². The lowest BCUT2D eigenvalue weighted by molar-refractivity contribution is -0.139. The van der Waals surface area contributed by atoms with Gasteiger partial charge in [-0.1, -0.05) is 38.1 Å². The van der Waals surface area contributed by atoms with Crippen molar-refractivity contribution in [2.45, 2.75) is 52.1 Å². The van der Waals surface area contributed by atoms with Crippen LogP contribution in [0, 0.1) is 12.8 Å². The molecule has 3 amide bonds. The highest BCUT2D eigenvalue weighted by molar-refractivity contribution is 7.88. The number of hydrogen-bond acceptors (Lipinski definition) is 8. The first-order chi connectivity index (χ1) is 20.2. The van der Waals surface area contributed by atoms with E-state index in [1.54, 1.807) is 24.3 Å². The van der Waals surface area contributed by atoms with Gasteiger partial charge in [-0.2, -0.15) is 0 Å². The summed E-state index contributed by atoms with van der Waals surface area (Å²) in [5, 5.41) is 17.8. The molecular weight excluding hydrogens is 578 g/mol.